The van der Waals surface area contributed by atoms with Crippen LogP contribution in [0.3, 0.4) is 0 Å². The molecule has 4 N–H and O–H groups in total. The minimum Gasteiger partial charge on any atom is -0.311 e. The predicted molar refractivity (Wildman–Crippen MR) is 47.1 cm³/mol. The van der Waals surface area contributed by atoms with Gasteiger partial charge in [0.15, 0.2) is 6.17 Å². The first-order valence-corrected chi connectivity index (χ1v) is 3.78. The van der Waals surface area contributed by atoms with Gasteiger partial charge in [-0.05, 0) is 12.5 Å². The van der Waals surface area contributed by atoms with E-state index < -0.39 is 11.8 Å². The lowest BCUT2D eigenvalue weighted by atomic mass is 10.0. The molecular formula is C9H13FN2. The fourth-order valence-corrected chi connectivity index (χ4v) is 0.981. The Bertz CT molecular complexity index is 240. The highest BCUT2D eigenvalue weighted by Crippen LogP contribution is 2.23. The summed E-state index contributed by atoms with van der Waals surface area (Å²) in [7, 11) is 0. The fraction of sp³-hybridized carbons (Fsp3) is 0.333. The molecule has 2 nitrogen and oxygen atoms in total. The number of rotatable bonds is 2. The van der Waals surface area contributed by atoms with Gasteiger partial charge in [-0.2, -0.15) is 0 Å². The molecule has 0 aliphatic carbocycles. The molecule has 0 saturated heterocycles. The number of alkyl halides is 1. The largest absolute Gasteiger partial charge is 0.311 e. The van der Waals surface area contributed by atoms with Crippen LogP contribution >= 0.6 is 0 Å². The van der Waals surface area contributed by atoms with Gasteiger partial charge in [-0.15, -0.1) is 0 Å². The zero-order valence-electron chi connectivity index (χ0n) is 7.00. The predicted octanol–water partition coefficient (Wildman–Crippen LogP) is 1.33. The van der Waals surface area contributed by atoms with Gasteiger partial charge in [0.05, 0.1) is 5.66 Å². The van der Waals surface area contributed by atoms with Crippen molar-refractivity contribution in [1.29, 1.82) is 0 Å². The Hall–Kier alpha value is -0.930. The maximum atomic E-state index is 13.4. The summed E-state index contributed by atoms with van der Waals surface area (Å²) < 4.78 is 13.4. The minimum absolute atomic E-state index is 0.519. The molecule has 0 bridgehead atoms. The molecule has 3 heteroatoms. The highest BCUT2D eigenvalue weighted by atomic mass is 19.1. The van der Waals surface area contributed by atoms with Crippen molar-refractivity contribution in [3.05, 3.63) is 35.9 Å². The van der Waals surface area contributed by atoms with Gasteiger partial charge in [0, 0.05) is 0 Å². The summed E-state index contributed by atoms with van der Waals surface area (Å²) in [6.07, 6.45) is -1.32. The Morgan fingerprint density at radius 2 is 1.75 bits per heavy atom. The van der Waals surface area contributed by atoms with Crippen LogP contribution in [0.2, 0.25) is 0 Å². The van der Waals surface area contributed by atoms with Gasteiger partial charge in [0.1, 0.15) is 0 Å². The molecule has 1 aromatic carbocycles. The molecule has 0 radical (unpaired) electrons. The summed E-state index contributed by atoms with van der Waals surface area (Å²) in [5.41, 5.74) is 10.0. The van der Waals surface area contributed by atoms with E-state index >= 15 is 0 Å². The molecule has 0 amide bonds. The lowest BCUT2D eigenvalue weighted by Crippen LogP contribution is -2.50. The normalized spacial score (nSPS) is 14.3. The van der Waals surface area contributed by atoms with Crippen LogP contribution in [0.25, 0.3) is 0 Å². The number of nitrogens with two attached hydrogens (primary N) is 2. The Labute approximate surface area is 71.4 Å². The summed E-state index contributed by atoms with van der Waals surface area (Å²) >= 11 is 0. The topological polar surface area (TPSA) is 52.0 Å². The zero-order chi connectivity index (χ0) is 9.19. The SMILES string of the molecule is CC(N)(N)C(F)c1ccccc1. The van der Waals surface area contributed by atoms with Gasteiger partial charge in [-0.25, -0.2) is 4.39 Å². The maximum Gasteiger partial charge on any atom is 0.156 e. The van der Waals surface area contributed by atoms with E-state index in [1.807, 2.05) is 6.07 Å². The summed E-state index contributed by atoms with van der Waals surface area (Å²) in [4.78, 5) is 0. The average Bonchev–Trinajstić information content (AvgIpc) is 2.03. The molecule has 1 atom stereocenters. The van der Waals surface area contributed by atoms with Crippen molar-refractivity contribution in [3.8, 4) is 0 Å². The van der Waals surface area contributed by atoms with Crippen molar-refractivity contribution in [2.45, 2.75) is 18.8 Å². The smallest absolute Gasteiger partial charge is 0.156 e. The van der Waals surface area contributed by atoms with Crippen molar-refractivity contribution < 1.29 is 4.39 Å². The summed E-state index contributed by atoms with van der Waals surface area (Å²) in [6, 6.07) is 8.67. The molecule has 0 saturated carbocycles. The van der Waals surface area contributed by atoms with Gasteiger partial charge in [-0.3, -0.25) is 0 Å². The molecule has 0 spiro atoms. The van der Waals surface area contributed by atoms with E-state index in [1.165, 1.54) is 6.92 Å². The quantitative estimate of drug-likeness (QED) is 0.654. The second kappa shape index (κ2) is 3.21. The second-order valence-corrected chi connectivity index (χ2v) is 3.14. The lowest BCUT2D eigenvalue weighted by molar-refractivity contribution is 0.212. The van der Waals surface area contributed by atoms with Crippen LogP contribution in [-0.4, -0.2) is 5.66 Å². The molecule has 0 fully saturated rings. The zero-order valence-corrected chi connectivity index (χ0v) is 7.00. The average molecular weight is 168 g/mol. The molecule has 1 aromatic rings. The van der Waals surface area contributed by atoms with E-state index in [0.717, 1.165) is 0 Å². The van der Waals surface area contributed by atoms with Crippen molar-refractivity contribution in [2.24, 2.45) is 11.5 Å². The number of hydrogen-bond donors (Lipinski definition) is 2. The molecule has 12 heavy (non-hydrogen) atoms. The van der Waals surface area contributed by atoms with Crippen LogP contribution in [0.1, 0.15) is 18.7 Å². The first-order valence-electron chi connectivity index (χ1n) is 3.78. The fourth-order valence-electron chi connectivity index (χ4n) is 0.981. The van der Waals surface area contributed by atoms with E-state index in [0.29, 0.717) is 5.56 Å². The maximum absolute atomic E-state index is 13.4. The van der Waals surface area contributed by atoms with Crippen LogP contribution in [0, 0.1) is 0 Å². The van der Waals surface area contributed by atoms with Crippen molar-refractivity contribution in [3.63, 3.8) is 0 Å². The van der Waals surface area contributed by atoms with Crippen molar-refractivity contribution >= 4 is 0 Å². The summed E-state index contributed by atoms with van der Waals surface area (Å²) in [5.74, 6) is 0. The molecule has 1 unspecified atom stereocenters. The van der Waals surface area contributed by atoms with Gasteiger partial charge in [0.25, 0.3) is 0 Å². The number of benzene rings is 1. The lowest BCUT2D eigenvalue weighted by Gasteiger charge is -2.23. The van der Waals surface area contributed by atoms with E-state index in [4.69, 9.17) is 11.5 Å². The van der Waals surface area contributed by atoms with E-state index in [-0.39, 0.29) is 0 Å². The molecule has 0 aliphatic heterocycles. The second-order valence-electron chi connectivity index (χ2n) is 3.14. The number of halogens is 1. The minimum atomic E-state index is -1.32. The van der Waals surface area contributed by atoms with Gasteiger partial charge >= 0.3 is 0 Å². The Kier molecular flexibility index (Phi) is 2.45. The molecule has 0 aliphatic rings. The van der Waals surface area contributed by atoms with Crippen molar-refractivity contribution in [1.82, 2.24) is 0 Å². The van der Waals surface area contributed by atoms with E-state index in [2.05, 4.69) is 0 Å². The monoisotopic (exact) mass is 168 g/mol. The summed E-state index contributed by atoms with van der Waals surface area (Å²) in [6.45, 7) is 1.46. The van der Waals surface area contributed by atoms with Gasteiger partial charge < -0.3 is 11.5 Å². The van der Waals surface area contributed by atoms with E-state index in [1.54, 1.807) is 24.3 Å². The first kappa shape index (κ1) is 9.16. The third kappa shape index (κ3) is 2.03. The van der Waals surface area contributed by atoms with Crippen LogP contribution in [0.4, 0.5) is 4.39 Å². The Morgan fingerprint density at radius 3 is 2.17 bits per heavy atom. The Balaban J connectivity index is 2.86. The first-order chi connectivity index (χ1) is 5.52. The number of hydrogen-bond acceptors (Lipinski definition) is 2. The van der Waals surface area contributed by atoms with Crippen LogP contribution in [0.5, 0.6) is 0 Å². The van der Waals surface area contributed by atoms with Gasteiger partial charge in [-0.1, -0.05) is 30.3 Å². The van der Waals surface area contributed by atoms with Gasteiger partial charge in [0.2, 0.25) is 0 Å². The van der Waals surface area contributed by atoms with Crippen molar-refractivity contribution in [2.75, 3.05) is 0 Å². The van der Waals surface area contributed by atoms with Crippen LogP contribution < -0.4 is 11.5 Å². The molecule has 1 rings (SSSR count). The highest BCUT2D eigenvalue weighted by Gasteiger charge is 2.26. The molecular weight excluding hydrogens is 155 g/mol. The third-order valence-electron chi connectivity index (χ3n) is 1.64. The van der Waals surface area contributed by atoms with E-state index in [9.17, 15) is 4.39 Å². The highest BCUT2D eigenvalue weighted by molar-refractivity contribution is 5.20. The Morgan fingerprint density at radius 1 is 1.25 bits per heavy atom. The molecule has 0 heterocycles. The summed E-state index contributed by atoms with van der Waals surface area (Å²) in [5, 5.41) is 0. The standard InChI is InChI=1S/C9H13FN2/c1-9(11,12)8(10)7-5-3-2-4-6-7/h2-6,8H,11-12H2,1H3. The molecule has 0 aromatic heterocycles. The molecule has 66 valence electrons. The van der Waals surface area contributed by atoms with Crippen LogP contribution in [0.15, 0.2) is 30.3 Å². The third-order valence-corrected chi connectivity index (χ3v) is 1.64. The van der Waals surface area contributed by atoms with Crippen LogP contribution in [-0.2, 0) is 0 Å².